The molecule has 3 amide bonds. The van der Waals surface area contributed by atoms with Gasteiger partial charge in [0.25, 0.3) is 0 Å². The number of hydrogen-bond acceptors (Lipinski definition) is 3. The average molecular weight is 333 g/mol. The molecule has 0 aromatic heterocycles. The third-order valence-corrected chi connectivity index (χ3v) is 4.31. The van der Waals surface area contributed by atoms with Crippen molar-refractivity contribution in [3.8, 4) is 5.75 Å². The van der Waals surface area contributed by atoms with Gasteiger partial charge in [0.15, 0.2) is 0 Å². The first-order valence-corrected chi connectivity index (χ1v) is 8.50. The van der Waals surface area contributed by atoms with E-state index in [1.54, 1.807) is 7.11 Å². The van der Waals surface area contributed by atoms with Crippen LogP contribution in [0.5, 0.6) is 5.75 Å². The van der Waals surface area contributed by atoms with E-state index >= 15 is 0 Å². The van der Waals surface area contributed by atoms with Crippen molar-refractivity contribution >= 4 is 17.6 Å². The number of aryl methyl sites for hydroxylation is 1. The average Bonchev–Trinajstić information content (AvgIpc) is 2.60. The Morgan fingerprint density at radius 3 is 2.88 bits per heavy atom. The normalized spacial score (nSPS) is 17.3. The third kappa shape index (κ3) is 4.88. The van der Waals surface area contributed by atoms with Crippen LogP contribution in [0.15, 0.2) is 18.2 Å². The summed E-state index contributed by atoms with van der Waals surface area (Å²) in [7, 11) is 1.59. The number of ether oxygens (including phenoxy) is 1. The molecule has 0 aliphatic carbocycles. The van der Waals surface area contributed by atoms with Crippen molar-refractivity contribution in [2.24, 2.45) is 5.92 Å². The molecule has 2 N–H and O–H groups in total. The minimum atomic E-state index is -0.120. The molecule has 0 spiro atoms. The van der Waals surface area contributed by atoms with E-state index in [9.17, 15) is 9.59 Å². The van der Waals surface area contributed by atoms with E-state index < -0.39 is 0 Å². The van der Waals surface area contributed by atoms with Crippen LogP contribution < -0.4 is 15.4 Å². The van der Waals surface area contributed by atoms with Crippen molar-refractivity contribution in [2.75, 3.05) is 32.1 Å². The lowest BCUT2D eigenvalue weighted by Gasteiger charge is -2.33. The summed E-state index contributed by atoms with van der Waals surface area (Å²) in [6.45, 7) is 5.83. The monoisotopic (exact) mass is 333 g/mol. The number of nitrogens with zero attached hydrogens (tertiary/aromatic N) is 1. The van der Waals surface area contributed by atoms with Crippen LogP contribution in [0, 0.1) is 12.8 Å². The highest BCUT2D eigenvalue weighted by molar-refractivity contribution is 5.91. The van der Waals surface area contributed by atoms with Crippen LogP contribution in [-0.2, 0) is 4.79 Å². The van der Waals surface area contributed by atoms with Crippen LogP contribution in [-0.4, -0.2) is 43.6 Å². The number of nitrogens with one attached hydrogen (secondary N) is 2. The zero-order valence-electron chi connectivity index (χ0n) is 14.7. The molecule has 2 rings (SSSR count). The zero-order valence-corrected chi connectivity index (χ0v) is 14.7. The Morgan fingerprint density at radius 1 is 1.38 bits per heavy atom. The fraction of sp³-hybridized carbons (Fsp3) is 0.556. The molecule has 0 bridgehead atoms. The molecule has 1 aromatic carbocycles. The van der Waals surface area contributed by atoms with Gasteiger partial charge >= 0.3 is 6.03 Å². The van der Waals surface area contributed by atoms with Gasteiger partial charge in [-0.05, 0) is 43.4 Å². The van der Waals surface area contributed by atoms with Crippen LogP contribution in [0.1, 0.15) is 31.7 Å². The summed E-state index contributed by atoms with van der Waals surface area (Å²) < 4.78 is 5.31. The summed E-state index contributed by atoms with van der Waals surface area (Å²) in [5, 5.41) is 5.86. The Balaban J connectivity index is 1.94. The van der Waals surface area contributed by atoms with Gasteiger partial charge in [0.1, 0.15) is 5.75 Å². The van der Waals surface area contributed by atoms with Gasteiger partial charge in [0.2, 0.25) is 5.91 Å². The number of piperidine rings is 1. The highest BCUT2D eigenvalue weighted by Gasteiger charge is 2.24. The number of carbonyl (C=O) groups is 2. The highest BCUT2D eigenvalue weighted by atomic mass is 16.5. The van der Waals surface area contributed by atoms with Crippen LogP contribution in [0.4, 0.5) is 10.5 Å². The van der Waals surface area contributed by atoms with Crippen LogP contribution in [0.2, 0.25) is 0 Å². The second-order valence-corrected chi connectivity index (χ2v) is 6.25. The van der Waals surface area contributed by atoms with E-state index in [1.807, 2.05) is 36.9 Å². The molecule has 1 aromatic rings. The largest absolute Gasteiger partial charge is 0.495 e. The SMILES string of the molecule is CCC(=O)NCC1CCCN(C(=O)Nc2cc(C)ccc2OC)C1. The van der Waals surface area contributed by atoms with E-state index in [-0.39, 0.29) is 11.9 Å². The molecular formula is C18H27N3O3. The molecule has 1 heterocycles. The van der Waals surface area contributed by atoms with Gasteiger partial charge in [-0.1, -0.05) is 13.0 Å². The number of benzene rings is 1. The molecule has 1 fully saturated rings. The molecule has 0 radical (unpaired) electrons. The second kappa shape index (κ2) is 8.57. The summed E-state index contributed by atoms with van der Waals surface area (Å²) in [5.74, 6) is 1.01. The van der Waals surface area contributed by atoms with Gasteiger partial charge in [-0.3, -0.25) is 4.79 Å². The van der Waals surface area contributed by atoms with E-state index in [0.29, 0.717) is 36.9 Å². The van der Waals surface area contributed by atoms with Crippen LogP contribution in [0.3, 0.4) is 0 Å². The Hall–Kier alpha value is -2.24. The fourth-order valence-corrected chi connectivity index (χ4v) is 2.91. The molecule has 24 heavy (non-hydrogen) atoms. The molecule has 1 aliphatic rings. The molecule has 1 saturated heterocycles. The van der Waals surface area contributed by atoms with Gasteiger partial charge in [-0.2, -0.15) is 0 Å². The van der Waals surface area contributed by atoms with Gasteiger partial charge in [0.05, 0.1) is 12.8 Å². The Kier molecular flexibility index (Phi) is 6.46. The summed E-state index contributed by atoms with van der Waals surface area (Å²) in [4.78, 5) is 25.8. The molecule has 132 valence electrons. The smallest absolute Gasteiger partial charge is 0.321 e. The lowest BCUT2D eigenvalue weighted by Crippen LogP contribution is -2.45. The predicted octanol–water partition coefficient (Wildman–Crippen LogP) is 2.77. The lowest BCUT2D eigenvalue weighted by atomic mass is 9.98. The first-order valence-electron chi connectivity index (χ1n) is 8.50. The maximum Gasteiger partial charge on any atom is 0.321 e. The van der Waals surface area contributed by atoms with Crippen molar-refractivity contribution in [3.63, 3.8) is 0 Å². The number of methoxy groups -OCH3 is 1. The van der Waals surface area contributed by atoms with Crippen LogP contribution in [0.25, 0.3) is 0 Å². The third-order valence-electron chi connectivity index (χ3n) is 4.31. The van der Waals surface area contributed by atoms with Crippen molar-refractivity contribution in [1.82, 2.24) is 10.2 Å². The molecule has 1 atom stereocenters. The standard InChI is InChI=1S/C18H27N3O3/c1-4-17(22)19-11-14-6-5-9-21(12-14)18(23)20-15-10-13(2)7-8-16(15)24-3/h7-8,10,14H,4-6,9,11-12H2,1-3H3,(H,19,22)(H,20,23). The van der Waals surface area contributed by atoms with Gasteiger partial charge in [-0.25, -0.2) is 4.79 Å². The maximum atomic E-state index is 12.6. The van der Waals surface area contributed by atoms with E-state index in [1.165, 1.54) is 0 Å². The van der Waals surface area contributed by atoms with Crippen molar-refractivity contribution in [2.45, 2.75) is 33.1 Å². The first kappa shape index (κ1) is 18.1. The maximum absolute atomic E-state index is 12.6. The summed E-state index contributed by atoms with van der Waals surface area (Å²) in [5.41, 5.74) is 1.74. The Labute approximate surface area is 143 Å². The molecule has 6 nitrogen and oxygen atoms in total. The predicted molar refractivity (Wildman–Crippen MR) is 94.3 cm³/mol. The number of likely N-dealkylation sites (tertiary alicyclic amines) is 1. The van der Waals surface area contributed by atoms with Gasteiger partial charge in [0, 0.05) is 26.1 Å². The summed E-state index contributed by atoms with van der Waals surface area (Å²) >= 11 is 0. The lowest BCUT2D eigenvalue weighted by molar-refractivity contribution is -0.121. The number of amides is 3. The fourth-order valence-electron chi connectivity index (χ4n) is 2.91. The van der Waals surface area contributed by atoms with Gasteiger partial charge in [-0.15, -0.1) is 0 Å². The first-order chi connectivity index (χ1) is 11.5. The number of urea groups is 1. The van der Waals surface area contributed by atoms with Crippen molar-refractivity contribution in [1.29, 1.82) is 0 Å². The van der Waals surface area contributed by atoms with Gasteiger partial charge < -0.3 is 20.3 Å². The van der Waals surface area contributed by atoms with Crippen molar-refractivity contribution < 1.29 is 14.3 Å². The molecular weight excluding hydrogens is 306 g/mol. The number of hydrogen-bond donors (Lipinski definition) is 2. The van der Waals surface area contributed by atoms with E-state index in [2.05, 4.69) is 10.6 Å². The van der Waals surface area contributed by atoms with Crippen LogP contribution >= 0.6 is 0 Å². The zero-order chi connectivity index (χ0) is 17.5. The number of carbonyl (C=O) groups excluding carboxylic acids is 2. The van der Waals surface area contributed by atoms with E-state index in [0.717, 1.165) is 24.9 Å². The molecule has 0 saturated carbocycles. The van der Waals surface area contributed by atoms with Crippen molar-refractivity contribution in [3.05, 3.63) is 23.8 Å². The topological polar surface area (TPSA) is 70.7 Å². The second-order valence-electron chi connectivity index (χ2n) is 6.25. The minimum absolute atomic E-state index is 0.0565. The molecule has 1 aliphatic heterocycles. The van der Waals surface area contributed by atoms with E-state index in [4.69, 9.17) is 4.74 Å². The number of rotatable bonds is 5. The molecule has 6 heteroatoms. The minimum Gasteiger partial charge on any atom is -0.495 e. The quantitative estimate of drug-likeness (QED) is 0.870. The molecule has 1 unspecified atom stereocenters. The summed E-state index contributed by atoms with van der Waals surface area (Å²) in [6, 6.07) is 5.58. The summed E-state index contributed by atoms with van der Waals surface area (Å²) in [6.07, 6.45) is 2.47. The Morgan fingerprint density at radius 2 is 2.17 bits per heavy atom. The Bertz CT molecular complexity index is 589. The highest BCUT2D eigenvalue weighted by Crippen LogP contribution is 2.26. The number of anilines is 1.